The van der Waals surface area contributed by atoms with E-state index in [4.69, 9.17) is 21.4 Å². The van der Waals surface area contributed by atoms with Crippen molar-refractivity contribution in [1.29, 1.82) is 0 Å². The van der Waals surface area contributed by atoms with Crippen LogP contribution in [0.1, 0.15) is 60.8 Å². The van der Waals surface area contributed by atoms with Gasteiger partial charge in [0.15, 0.2) is 0 Å². The van der Waals surface area contributed by atoms with Crippen LogP contribution >= 0.6 is 0 Å². The van der Waals surface area contributed by atoms with E-state index < -0.39 is 0 Å². The fourth-order valence-electron chi connectivity index (χ4n) is 7.94. The third-order valence-corrected chi connectivity index (χ3v) is 11.1. The largest absolute Gasteiger partial charge is 1.00 e. The Bertz CT molecular complexity index is 2690. The third kappa shape index (κ3) is 8.45. The fourth-order valence-corrected chi connectivity index (χ4v) is 7.94. The van der Waals surface area contributed by atoms with E-state index in [2.05, 4.69) is 137 Å². The monoisotopic (exact) mass is 810 g/mol. The molecule has 2 heterocycles. The summed E-state index contributed by atoms with van der Waals surface area (Å²) in [5.41, 5.74) is 31.3. The maximum Gasteiger partial charge on any atom is 0.242 e. The van der Waals surface area contributed by atoms with Crippen molar-refractivity contribution in [2.45, 2.75) is 66.2 Å². The summed E-state index contributed by atoms with van der Waals surface area (Å²) in [6.07, 6.45) is 7.14. The summed E-state index contributed by atoms with van der Waals surface area (Å²) in [6, 6.07) is 38.0. The van der Waals surface area contributed by atoms with Gasteiger partial charge in [0, 0.05) is 83.9 Å². The summed E-state index contributed by atoms with van der Waals surface area (Å²) in [6.45, 7) is 10.3. The van der Waals surface area contributed by atoms with E-state index in [0.29, 0.717) is 0 Å². The molecule has 8 aromatic rings. The van der Waals surface area contributed by atoms with Crippen LogP contribution in [0.4, 0.5) is 22.7 Å². The molecule has 6 N–H and O–H groups in total. The molecule has 0 unspecified atom stereocenters. The Kier molecular flexibility index (Phi) is 13.2. The van der Waals surface area contributed by atoms with Gasteiger partial charge >= 0.3 is 0 Å². The van der Waals surface area contributed by atoms with Crippen molar-refractivity contribution >= 4 is 66.9 Å². The highest BCUT2D eigenvalue weighted by Gasteiger charge is 2.24. The number of unbranched alkanes of at least 4 members (excludes halogenated alkanes) is 5. The van der Waals surface area contributed by atoms with Gasteiger partial charge in [-0.3, -0.25) is 0 Å². The number of hydrogen-bond donors (Lipinski definition) is 4. The maximum absolute atomic E-state index is 6.41. The molecule has 6 aromatic carbocycles. The van der Waals surface area contributed by atoms with Gasteiger partial charge in [-0.15, -0.1) is 9.13 Å². The van der Waals surface area contributed by atoms with Crippen LogP contribution in [0.2, 0.25) is 0 Å². The molecule has 0 aliphatic rings. The van der Waals surface area contributed by atoms with E-state index in [1.807, 2.05) is 19.9 Å². The van der Waals surface area contributed by atoms with Crippen LogP contribution in [0.3, 0.4) is 0 Å². The first kappa shape index (κ1) is 41.9. The van der Waals surface area contributed by atoms with Crippen molar-refractivity contribution in [3.8, 4) is 11.4 Å². The number of nitrogens with one attached hydrogen (secondary N) is 2. The summed E-state index contributed by atoms with van der Waals surface area (Å²) in [5, 5.41) is 7.48. The summed E-state index contributed by atoms with van der Waals surface area (Å²) in [7, 11) is 0. The number of rotatable bonds is 13. The summed E-state index contributed by atoms with van der Waals surface area (Å²) in [4.78, 5) is 10.1. The lowest BCUT2D eigenvalue weighted by molar-refractivity contribution is -0.538. The molecule has 0 atom stereocenters. The summed E-state index contributed by atoms with van der Waals surface area (Å²) >= 11 is 0. The number of nitrogens with zero attached hydrogens (tertiary/aromatic N) is 4. The topological polar surface area (TPSA) is 110 Å². The fraction of sp³-hybridized carbons (Fsp3) is 0.250. The molecule has 58 heavy (non-hydrogen) atoms. The number of fused-ring (bicyclic) bond motifs is 4. The average molecular weight is 812 g/mol. The Labute approximate surface area is 353 Å². The van der Waals surface area contributed by atoms with E-state index in [-0.39, 0.29) is 24.8 Å². The maximum atomic E-state index is 6.41. The van der Waals surface area contributed by atoms with Gasteiger partial charge in [0.2, 0.25) is 33.4 Å². The molecule has 0 bridgehead atoms. The smallest absolute Gasteiger partial charge is 0.242 e. The SMILES string of the molecule is Cc1cc2nc3cc(C)c(NCCCCCCCCNc4ccc5nc6cc(C)c(N)cc6[n+](-c6ccccc6)c5c4C)cc3[n+](-c3ccccc3)c2cc1N.[Cl-].[Cl-]. The standard InChI is InChI=1S/C48H50N8.2ClH/c1-31-25-42-45(28-37(31)49)55(35-17-11-9-12-18-35)47-30-41(33(3)27-44(47)54-42)52-24-16-8-6-5-7-15-23-51-39-21-22-40-48(34(39)4)56(36-19-13-10-14-20-36)46-29-38(50)32(2)26-43(46)53-40;;/h9-14,17-22,25-30H,5-8,15-16,23-24H2,1-4H3,(H4,49,50,51,52);2*1H. The summed E-state index contributed by atoms with van der Waals surface area (Å²) in [5.74, 6) is 0. The number of nitrogens with two attached hydrogens (primary N) is 2. The van der Waals surface area contributed by atoms with Crippen LogP contribution in [-0.2, 0) is 0 Å². The van der Waals surface area contributed by atoms with Crippen LogP contribution in [0.5, 0.6) is 0 Å². The van der Waals surface area contributed by atoms with Crippen LogP contribution in [-0.4, -0.2) is 23.1 Å². The van der Waals surface area contributed by atoms with Gasteiger partial charge in [-0.05, 0) is 87.6 Å². The molecule has 298 valence electrons. The molecule has 2 aromatic heterocycles. The summed E-state index contributed by atoms with van der Waals surface area (Å²) < 4.78 is 4.59. The number of aromatic nitrogens is 4. The van der Waals surface area contributed by atoms with Gasteiger partial charge in [0.05, 0.1) is 0 Å². The van der Waals surface area contributed by atoms with Gasteiger partial charge < -0.3 is 46.9 Å². The highest BCUT2D eigenvalue weighted by molar-refractivity contribution is 5.89. The number of benzene rings is 6. The van der Waals surface area contributed by atoms with E-state index in [9.17, 15) is 0 Å². The molecule has 0 aliphatic heterocycles. The molecular formula is C48H52Cl2N8. The molecule has 10 heteroatoms. The van der Waals surface area contributed by atoms with Crippen molar-refractivity contribution in [2.24, 2.45) is 0 Å². The number of anilines is 4. The number of para-hydroxylation sites is 2. The molecule has 0 radical (unpaired) electrons. The number of nitrogen functional groups attached to an aromatic ring is 2. The van der Waals surface area contributed by atoms with E-state index in [1.54, 1.807) is 0 Å². The van der Waals surface area contributed by atoms with Crippen molar-refractivity contribution in [3.05, 3.63) is 131 Å². The lowest BCUT2D eigenvalue weighted by Gasteiger charge is -2.13. The second-order valence-electron chi connectivity index (χ2n) is 15.2. The van der Waals surface area contributed by atoms with Gasteiger partial charge in [-0.25, -0.2) is 9.97 Å². The van der Waals surface area contributed by atoms with Gasteiger partial charge in [0.1, 0.15) is 22.1 Å². The Morgan fingerprint density at radius 3 is 1.48 bits per heavy atom. The van der Waals surface area contributed by atoms with E-state index in [1.165, 1.54) is 36.8 Å². The quantitative estimate of drug-likeness (QED) is 0.0610. The zero-order chi connectivity index (χ0) is 38.8. The minimum atomic E-state index is 0. The first-order valence-electron chi connectivity index (χ1n) is 20.0. The third-order valence-electron chi connectivity index (χ3n) is 11.1. The molecule has 0 fully saturated rings. The Balaban J connectivity index is 0.00000283. The highest BCUT2D eigenvalue weighted by Crippen LogP contribution is 2.29. The molecule has 0 spiro atoms. The van der Waals surface area contributed by atoms with Crippen LogP contribution < -0.4 is 56.0 Å². The second kappa shape index (κ2) is 18.3. The van der Waals surface area contributed by atoms with Crippen LogP contribution in [0.25, 0.3) is 55.5 Å². The molecule has 0 saturated carbocycles. The predicted octanol–water partition coefficient (Wildman–Crippen LogP) is 3.91. The minimum Gasteiger partial charge on any atom is -1.00 e. The average Bonchev–Trinajstić information content (AvgIpc) is 3.20. The Morgan fingerprint density at radius 2 is 0.914 bits per heavy atom. The van der Waals surface area contributed by atoms with Crippen molar-refractivity contribution in [2.75, 3.05) is 35.2 Å². The molecule has 0 aliphatic carbocycles. The van der Waals surface area contributed by atoms with E-state index >= 15 is 0 Å². The van der Waals surface area contributed by atoms with Gasteiger partial charge in [-0.1, -0.05) is 62.1 Å². The molecular weight excluding hydrogens is 759 g/mol. The van der Waals surface area contributed by atoms with Crippen LogP contribution in [0, 0.1) is 27.7 Å². The predicted molar refractivity (Wildman–Crippen MR) is 234 cm³/mol. The van der Waals surface area contributed by atoms with Crippen molar-refractivity contribution in [1.82, 2.24) is 9.97 Å². The Morgan fingerprint density at radius 1 is 0.466 bits per heavy atom. The highest BCUT2D eigenvalue weighted by atomic mass is 35.5. The Hall–Kier alpha value is -5.70. The number of aryl methyl sites for hydroxylation is 4. The first-order chi connectivity index (χ1) is 27.3. The van der Waals surface area contributed by atoms with Crippen molar-refractivity contribution in [3.63, 3.8) is 0 Å². The van der Waals surface area contributed by atoms with Crippen LogP contribution in [0.15, 0.2) is 109 Å². The second-order valence-corrected chi connectivity index (χ2v) is 15.2. The molecule has 0 amide bonds. The zero-order valence-electron chi connectivity index (χ0n) is 33.7. The van der Waals surface area contributed by atoms with E-state index in [0.717, 1.165) is 115 Å². The zero-order valence-corrected chi connectivity index (χ0v) is 35.3. The number of hydrogen-bond acceptors (Lipinski definition) is 6. The first-order valence-corrected chi connectivity index (χ1v) is 20.0. The van der Waals surface area contributed by atoms with Gasteiger partial charge in [-0.2, -0.15) is 0 Å². The normalized spacial score (nSPS) is 11.2. The minimum absolute atomic E-state index is 0. The molecule has 0 saturated heterocycles. The van der Waals surface area contributed by atoms with Gasteiger partial charge in [0.25, 0.3) is 0 Å². The number of halogens is 2. The molecule has 8 rings (SSSR count). The molecule has 8 nitrogen and oxygen atoms in total. The lowest BCUT2D eigenvalue weighted by Crippen LogP contribution is -3.00. The van der Waals surface area contributed by atoms with Crippen molar-refractivity contribution < 1.29 is 33.9 Å². The lowest BCUT2D eigenvalue weighted by atomic mass is 10.1.